The molecule has 16 heavy (non-hydrogen) atoms. The van der Waals surface area contributed by atoms with Crippen molar-refractivity contribution in [2.75, 3.05) is 6.61 Å². The summed E-state index contributed by atoms with van der Waals surface area (Å²) < 4.78 is 5.04. The fraction of sp³-hybridized carbons (Fsp3) is 0.385. The number of benzene rings is 1. The summed E-state index contributed by atoms with van der Waals surface area (Å²) in [6, 6.07) is 7.91. The van der Waals surface area contributed by atoms with E-state index in [9.17, 15) is 4.79 Å². The number of fused-ring (bicyclic) bond motifs is 1. The molecule has 3 heteroatoms. The fourth-order valence-electron chi connectivity index (χ4n) is 2.15. The Bertz CT molecular complexity index is 434. The van der Waals surface area contributed by atoms with Crippen LogP contribution in [0.1, 0.15) is 18.1 Å². The van der Waals surface area contributed by atoms with E-state index >= 15 is 0 Å². The van der Waals surface area contributed by atoms with Crippen molar-refractivity contribution in [3.05, 3.63) is 40.2 Å². The molecule has 0 bridgehead atoms. The number of carbonyl (C=O) groups excluding carboxylic acids is 1. The number of esters is 1. The van der Waals surface area contributed by atoms with E-state index in [0.717, 1.165) is 11.1 Å². The SMILES string of the molecule is C#[N+]C1(C(=O)OCC)Cc2ccccc2C1. The number of ether oxygens (including phenoxy) is 1. The smallest absolute Gasteiger partial charge is 0.398 e. The lowest BCUT2D eigenvalue weighted by atomic mass is 9.97. The van der Waals surface area contributed by atoms with Crippen molar-refractivity contribution in [1.82, 2.24) is 0 Å². The van der Waals surface area contributed by atoms with Gasteiger partial charge in [0.15, 0.2) is 0 Å². The van der Waals surface area contributed by atoms with Gasteiger partial charge in [0.25, 0.3) is 6.57 Å². The summed E-state index contributed by atoms with van der Waals surface area (Å²) in [7, 11) is 0. The van der Waals surface area contributed by atoms with E-state index in [1.165, 1.54) is 0 Å². The minimum atomic E-state index is -0.903. The van der Waals surface area contributed by atoms with Gasteiger partial charge in [-0.3, -0.25) is 0 Å². The van der Waals surface area contributed by atoms with Gasteiger partial charge < -0.3 is 4.74 Å². The van der Waals surface area contributed by atoms with Crippen LogP contribution in [0.2, 0.25) is 0 Å². The van der Waals surface area contributed by atoms with E-state index in [1.54, 1.807) is 6.92 Å². The number of carbonyl (C=O) groups is 1. The van der Waals surface area contributed by atoms with Crippen molar-refractivity contribution >= 4 is 5.97 Å². The number of hydrogen-bond donors (Lipinski definition) is 0. The van der Waals surface area contributed by atoms with E-state index in [4.69, 9.17) is 11.3 Å². The van der Waals surface area contributed by atoms with Crippen molar-refractivity contribution in [3.63, 3.8) is 0 Å². The normalized spacial score (nSPS) is 16.2. The van der Waals surface area contributed by atoms with Gasteiger partial charge in [-0.15, -0.1) is 0 Å². The van der Waals surface area contributed by atoms with Crippen LogP contribution in [-0.2, 0) is 22.4 Å². The summed E-state index contributed by atoms with van der Waals surface area (Å²) in [5, 5.41) is 0. The molecule has 3 nitrogen and oxygen atoms in total. The summed E-state index contributed by atoms with van der Waals surface area (Å²) in [5.41, 5.74) is 1.36. The Hall–Kier alpha value is -1.82. The van der Waals surface area contributed by atoms with Crippen molar-refractivity contribution in [1.29, 1.82) is 0 Å². The quantitative estimate of drug-likeness (QED) is 0.708. The molecule has 1 aromatic rings. The van der Waals surface area contributed by atoms with Crippen LogP contribution in [0.15, 0.2) is 24.3 Å². The summed E-state index contributed by atoms with van der Waals surface area (Å²) in [6.07, 6.45) is 1.08. The molecule has 0 aromatic heterocycles. The molecular weight excluding hydrogens is 202 g/mol. The molecule has 0 atom stereocenters. The molecule has 0 N–H and O–H groups in total. The van der Waals surface area contributed by atoms with Gasteiger partial charge in [-0.25, -0.2) is 4.79 Å². The van der Waals surface area contributed by atoms with Crippen molar-refractivity contribution in [2.24, 2.45) is 0 Å². The van der Waals surface area contributed by atoms with Crippen LogP contribution in [0.25, 0.3) is 4.85 Å². The van der Waals surface area contributed by atoms with Crippen LogP contribution < -0.4 is 0 Å². The Morgan fingerprint density at radius 3 is 2.44 bits per heavy atom. The Labute approximate surface area is 94.9 Å². The largest absolute Gasteiger partial charge is 0.460 e. The second-order valence-corrected chi connectivity index (χ2v) is 4.00. The highest BCUT2D eigenvalue weighted by Gasteiger charge is 2.55. The Morgan fingerprint density at radius 2 is 2.00 bits per heavy atom. The van der Waals surface area contributed by atoms with Crippen molar-refractivity contribution in [3.8, 4) is 6.57 Å². The topological polar surface area (TPSA) is 30.7 Å². The van der Waals surface area contributed by atoms with Crippen LogP contribution in [0.5, 0.6) is 0 Å². The molecule has 1 aromatic carbocycles. The molecule has 0 spiro atoms. The summed E-state index contributed by atoms with van der Waals surface area (Å²) in [4.78, 5) is 15.6. The van der Waals surface area contributed by atoms with Gasteiger partial charge >= 0.3 is 11.5 Å². The lowest BCUT2D eigenvalue weighted by Crippen LogP contribution is -2.37. The lowest BCUT2D eigenvalue weighted by Gasteiger charge is -2.09. The average molecular weight is 216 g/mol. The maximum atomic E-state index is 11.9. The lowest BCUT2D eigenvalue weighted by molar-refractivity contribution is -0.147. The number of nitrogens with zero attached hydrogens (tertiary/aromatic N) is 1. The molecule has 0 amide bonds. The molecule has 2 rings (SSSR count). The molecule has 0 saturated carbocycles. The predicted octanol–water partition coefficient (Wildman–Crippen LogP) is 2.05. The van der Waals surface area contributed by atoms with Gasteiger partial charge in [0.1, 0.15) is 0 Å². The van der Waals surface area contributed by atoms with E-state index in [-0.39, 0.29) is 5.97 Å². The predicted molar refractivity (Wildman–Crippen MR) is 61.5 cm³/mol. The molecule has 1 aliphatic rings. The van der Waals surface area contributed by atoms with Gasteiger partial charge in [0.2, 0.25) is 0 Å². The summed E-state index contributed by atoms with van der Waals surface area (Å²) in [6.45, 7) is 7.54. The van der Waals surface area contributed by atoms with Crippen molar-refractivity contribution in [2.45, 2.75) is 25.3 Å². The van der Waals surface area contributed by atoms with Crippen LogP contribution in [0.4, 0.5) is 0 Å². The van der Waals surface area contributed by atoms with Crippen LogP contribution in [0, 0.1) is 6.57 Å². The first-order chi connectivity index (χ1) is 7.72. The van der Waals surface area contributed by atoms with Crippen LogP contribution >= 0.6 is 0 Å². The van der Waals surface area contributed by atoms with Gasteiger partial charge in [-0.05, 0) is 18.1 Å². The first kappa shape index (κ1) is 10.7. The monoisotopic (exact) mass is 216 g/mol. The maximum Gasteiger partial charge on any atom is 0.398 e. The molecule has 0 fully saturated rings. The highest BCUT2D eigenvalue weighted by molar-refractivity contribution is 5.85. The Balaban J connectivity index is 2.30. The third kappa shape index (κ3) is 1.57. The van der Waals surface area contributed by atoms with Gasteiger partial charge in [0, 0.05) is 0 Å². The highest BCUT2D eigenvalue weighted by Crippen LogP contribution is 2.34. The minimum Gasteiger partial charge on any atom is -0.460 e. The van der Waals surface area contributed by atoms with Gasteiger partial charge in [0.05, 0.1) is 19.4 Å². The molecule has 0 unspecified atom stereocenters. The summed E-state index contributed by atoms with van der Waals surface area (Å²) >= 11 is 0. The Kier molecular flexibility index (Phi) is 2.66. The first-order valence-electron chi connectivity index (χ1n) is 5.38. The zero-order chi connectivity index (χ0) is 11.6. The van der Waals surface area contributed by atoms with Crippen LogP contribution in [0.3, 0.4) is 0 Å². The van der Waals surface area contributed by atoms with E-state index < -0.39 is 5.54 Å². The van der Waals surface area contributed by atoms with E-state index in [0.29, 0.717) is 19.4 Å². The molecule has 82 valence electrons. The molecule has 0 heterocycles. The van der Waals surface area contributed by atoms with Crippen LogP contribution in [-0.4, -0.2) is 18.1 Å². The first-order valence-corrected chi connectivity index (χ1v) is 5.38. The molecule has 0 saturated heterocycles. The molecule has 0 radical (unpaired) electrons. The standard InChI is InChI=1S/C13H14NO2/c1-3-16-12(15)13(14-2)8-10-6-4-5-7-11(10)9-13/h2,4-7H,3,8-9H2,1H3/q+1. The van der Waals surface area contributed by atoms with E-state index in [1.807, 2.05) is 24.3 Å². The maximum absolute atomic E-state index is 11.9. The number of hydrogen-bond acceptors (Lipinski definition) is 2. The zero-order valence-electron chi connectivity index (χ0n) is 9.27. The molecular formula is C13H14NO2+. The van der Waals surface area contributed by atoms with E-state index in [2.05, 4.69) is 4.85 Å². The average Bonchev–Trinajstić information content (AvgIpc) is 2.69. The second-order valence-electron chi connectivity index (χ2n) is 4.00. The fourth-order valence-corrected chi connectivity index (χ4v) is 2.15. The third-order valence-electron chi connectivity index (χ3n) is 2.99. The zero-order valence-corrected chi connectivity index (χ0v) is 9.27. The van der Waals surface area contributed by atoms with Gasteiger partial charge in [-0.2, -0.15) is 0 Å². The third-order valence-corrected chi connectivity index (χ3v) is 2.99. The van der Waals surface area contributed by atoms with Crippen molar-refractivity contribution < 1.29 is 9.53 Å². The van der Waals surface area contributed by atoms with Gasteiger partial charge in [-0.1, -0.05) is 29.1 Å². The Morgan fingerprint density at radius 1 is 1.44 bits per heavy atom. The second kappa shape index (κ2) is 3.97. The molecule has 1 aliphatic carbocycles. The molecule has 0 aliphatic heterocycles. The number of rotatable bonds is 2. The highest BCUT2D eigenvalue weighted by atomic mass is 16.5. The summed E-state index contributed by atoms with van der Waals surface area (Å²) in [5.74, 6) is -0.325. The minimum absolute atomic E-state index is 0.325.